The molecule has 0 aliphatic carbocycles. The van der Waals surface area contributed by atoms with Gasteiger partial charge in [-0.2, -0.15) is 0 Å². The van der Waals surface area contributed by atoms with E-state index in [1.165, 1.54) is 0 Å². The summed E-state index contributed by atoms with van der Waals surface area (Å²) in [7, 11) is 0. The monoisotopic (exact) mass is 401 g/mol. The first-order valence-corrected chi connectivity index (χ1v) is 7.50. The van der Waals surface area contributed by atoms with Crippen LogP contribution in [0.3, 0.4) is 0 Å². The summed E-state index contributed by atoms with van der Waals surface area (Å²) in [6, 6.07) is 13.0. The number of hydrogen-bond acceptors (Lipinski definition) is 1. The molecule has 0 fully saturated rings. The fourth-order valence-electron chi connectivity index (χ4n) is 1.60. The van der Waals surface area contributed by atoms with Gasteiger partial charge in [0.25, 0.3) is 5.91 Å². The van der Waals surface area contributed by atoms with Gasteiger partial charge in [-0.05, 0) is 35.9 Å². The van der Waals surface area contributed by atoms with Crippen LogP contribution >= 0.6 is 43.5 Å². The molecule has 0 heterocycles. The van der Waals surface area contributed by atoms with Crippen LogP contribution in [0.15, 0.2) is 51.4 Å². The predicted molar refractivity (Wildman–Crippen MR) is 84.5 cm³/mol. The van der Waals surface area contributed by atoms with E-state index in [0.29, 0.717) is 17.1 Å². The highest BCUT2D eigenvalue weighted by atomic mass is 79.9. The van der Waals surface area contributed by atoms with Crippen molar-refractivity contribution in [1.82, 2.24) is 5.32 Å². The fraction of sp³-hybridized carbons (Fsp3) is 0.0714. The van der Waals surface area contributed by atoms with Crippen molar-refractivity contribution in [3.8, 4) is 0 Å². The summed E-state index contributed by atoms with van der Waals surface area (Å²) >= 11 is 12.7. The number of carbonyl (C=O) groups excluding carboxylic acids is 1. The number of nitrogens with one attached hydrogen (secondary N) is 1. The quantitative estimate of drug-likeness (QED) is 0.784. The Labute approximate surface area is 133 Å². The van der Waals surface area contributed by atoms with Crippen LogP contribution in [0.4, 0.5) is 0 Å². The molecule has 0 aliphatic heterocycles. The Hall–Kier alpha value is -0.840. The number of benzene rings is 2. The molecule has 5 heteroatoms. The van der Waals surface area contributed by atoms with Crippen LogP contribution in [0.2, 0.25) is 5.02 Å². The molecule has 1 amide bonds. The van der Waals surface area contributed by atoms with Crippen molar-refractivity contribution < 1.29 is 4.79 Å². The third kappa shape index (κ3) is 4.06. The molecule has 0 spiro atoms. The lowest BCUT2D eigenvalue weighted by Crippen LogP contribution is -2.23. The zero-order valence-electron chi connectivity index (χ0n) is 9.79. The molecule has 0 bridgehead atoms. The average Bonchev–Trinajstić information content (AvgIpc) is 2.39. The molecule has 0 saturated heterocycles. The van der Waals surface area contributed by atoms with E-state index in [0.717, 1.165) is 14.5 Å². The molecule has 2 nitrogen and oxygen atoms in total. The second kappa shape index (κ2) is 6.55. The molecular formula is C14H10Br2ClNO. The summed E-state index contributed by atoms with van der Waals surface area (Å²) in [6.45, 7) is 0.459. The Bertz CT molecular complexity index is 616. The molecule has 2 rings (SSSR count). The third-order valence-electron chi connectivity index (χ3n) is 2.52. The van der Waals surface area contributed by atoms with E-state index in [9.17, 15) is 4.79 Å². The van der Waals surface area contributed by atoms with Gasteiger partial charge in [-0.25, -0.2) is 0 Å². The Morgan fingerprint density at radius 1 is 1.11 bits per heavy atom. The largest absolute Gasteiger partial charge is 0.348 e. The number of amides is 1. The summed E-state index contributed by atoms with van der Waals surface area (Å²) in [5, 5.41) is 3.29. The smallest absolute Gasteiger partial charge is 0.253 e. The first kappa shape index (κ1) is 14.6. The standard InChI is InChI=1S/C14H10Br2ClNO/c15-10-3-1-2-9(6-10)8-18-14(19)12-7-11(16)4-5-13(12)17/h1-7H,8H2,(H,18,19). The van der Waals surface area contributed by atoms with Crippen molar-refractivity contribution in [2.24, 2.45) is 0 Å². The number of rotatable bonds is 3. The van der Waals surface area contributed by atoms with Gasteiger partial charge in [0.15, 0.2) is 0 Å². The third-order valence-corrected chi connectivity index (χ3v) is 3.83. The number of halogens is 3. The maximum Gasteiger partial charge on any atom is 0.253 e. The highest BCUT2D eigenvalue weighted by molar-refractivity contribution is 9.10. The van der Waals surface area contributed by atoms with Gasteiger partial charge in [0.1, 0.15) is 0 Å². The van der Waals surface area contributed by atoms with Crippen LogP contribution in [-0.4, -0.2) is 5.91 Å². The normalized spacial score (nSPS) is 10.3. The second-order valence-electron chi connectivity index (χ2n) is 3.94. The van der Waals surface area contributed by atoms with Gasteiger partial charge in [-0.15, -0.1) is 0 Å². The first-order chi connectivity index (χ1) is 9.06. The van der Waals surface area contributed by atoms with E-state index in [4.69, 9.17) is 11.6 Å². The first-order valence-electron chi connectivity index (χ1n) is 5.54. The minimum absolute atomic E-state index is 0.189. The second-order valence-corrected chi connectivity index (χ2v) is 6.18. The summed E-state index contributed by atoms with van der Waals surface area (Å²) < 4.78 is 1.81. The molecule has 0 saturated carbocycles. The molecule has 0 aromatic heterocycles. The highest BCUT2D eigenvalue weighted by Gasteiger charge is 2.10. The van der Waals surface area contributed by atoms with Crippen molar-refractivity contribution in [2.75, 3.05) is 0 Å². The van der Waals surface area contributed by atoms with E-state index in [-0.39, 0.29) is 5.91 Å². The molecule has 1 N–H and O–H groups in total. The Morgan fingerprint density at radius 3 is 2.58 bits per heavy atom. The van der Waals surface area contributed by atoms with Gasteiger partial charge in [0, 0.05) is 15.5 Å². The van der Waals surface area contributed by atoms with Gasteiger partial charge < -0.3 is 5.32 Å². The van der Waals surface area contributed by atoms with Crippen molar-refractivity contribution >= 4 is 49.4 Å². The topological polar surface area (TPSA) is 29.1 Å². The maximum absolute atomic E-state index is 12.0. The number of hydrogen-bond donors (Lipinski definition) is 1. The molecule has 2 aromatic rings. The minimum Gasteiger partial charge on any atom is -0.348 e. The fourth-order valence-corrected chi connectivity index (χ4v) is 2.61. The lowest BCUT2D eigenvalue weighted by Gasteiger charge is -2.07. The van der Waals surface area contributed by atoms with Crippen LogP contribution in [-0.2, 0) is 6.54 Å². The van der Waals surface area contributed by atoms with Crippen LogP contribution in [0.5, 0.6) is 0 Å². The summed E-state index contributed by atoms with van der Waals surface area (Å²) in [4.78, 5) is 12.0. The van der Waals surface area contributed by atoms with Crippen LogP contribution in [0.25, 0.3) is 0 Å². The van der Waals surface area contributed by atoms with Crippen LogP contribution < -0.4 is 5.32 Å². The lowest BCUT2D eigenvalue weighted by molar-refractivity contribution is 0.0951. The zero-order valence-corrected chi connectivity index (χ0v) is 13.7. The summed E-state index contributed by atoms with van der Waals surface area (Å²) in [6.07, 6.45) is 0. The average molecular weight is 404 g/mol. The molecule has 0 radical (unpaired) electrons. The van der Waals surface area contributed by atoms with Crippen molar-refractivity contribution in [3.63, 3.8) is 0 Å². The summed E-state index contributed by atoms with van der Waals surface area (Å²) in [5.41, 5.74) is 1.49. The Morgan fingerprint density at radius 2 is 1.84 bits per heavy atom. The van der Waals surface area contributed by atoms with E-state index < -0.39 is 0 Å². The van der Waals surface area contributed by atoms with Gasteiger partial charge in [0.2, 0.25) is 0 Å². The van der Waals surface area contributed by atoms with E-state index in [2.05, 4.69) is 37.2 Å². The Balaban J connectivity index is 2.07. The molecular weight excluding hydrogens is 393 g/mol. The van der Waals surface area contributed by atoms with Crippen molar-refractivity contribution in [2.45, 2.75) is 6.54 Å². The van der Waals surface area contributed by atoms with Gasteiger partial charge in [-0.3, -0.25) is 4.79 Å². The van der Waals surface area contributed by atoms with Crippen molar-refractivity contribution in [3.05, 3.63) is 67.6 Å². The van der Waals surface area contributed by atoms with Gasteiger partial charge in [0.05, 0.1) is 10.6 Å². The van der Waals surface area contributed by atoms with Crippen LogP contribution in [0, 0.1) is 0 Å². The summed E-state index contributed by atoms with van der Waals surface area (Å²) in [5.74, 6) is -0.189. The van der Waals surface area contributed by atoms with E-state index in [1.54, 1.807) is 18.2 Å². The molecule has 0 aliphatic rings. The zero-order chi connectivity index (χ0) is 13.8. The van der Waals surface area contributed by atoms with E-state index >= 15 is 0 Å². The minimum atomic E-state index is -0.189. The maximum atomic E-state index is 12.0. The lowest BCUT2D eigenvalue weighted by atomic mass is 10.2. The Kier molecular flexibility index (Phi) is 5.02. The predicted octanol–water partition coefficient (Wildman–Crippen LogP) is 4.80. The molecule has 98 valence electrons. The van der Waals surface area contributed by atoms with Gasteiger partial charge >= 0.3 is 0 Å². The van der Waals surface area contributed by atoms with Gasteiger partial charge in [-0.1, -0.05) is 55.6 Å². The van der Waals surface area contributed by atoms with Crippen LogP contribution in [0.1, 0.15) is 15.9 Å². The molecule has 0 unspecified atom stereocenters. The molecule has 0 atom stereocenters. The van der Waals surface area contributed by atoms with E-state index in [1.807, 2.05) is 24.3 Å². The van der Waals surface area contributed by atoms with Crippen molar-refractivity contribution in [1.29, 1.82) is 0 Å². The highest BCUT2D eigenvalue weighted by Crippen LogP contribution is 2.21. The molecule has 2 aromatic carbocycles. The molecule has 19 heavy (non-hydrogen) atoms. The number of carbonyl (C=O) groups is 1. The SMILES string of the molecule is O=C(NCc1cccc(Br)c1)c1cc(Br)ccc1Cl.